The molecule has 1 fully saturated rings. The molecule has 2 nitrogen and oxygen atoms in total. The number of rotatable bonds is 7. The summed E-state index contributed by atoms with van der Waals surface area (Å²) in [6.45, 7) is 2.90. The minimum Gasteiger partial charge on any atom is -0.349 e. The fourth-order valence-electron chi connectivity index (χ4n) is 2.39. The van der Waals surface area contributed by atoms with Gasteiger partial charge in [0, 0.05) is 6.42 Å². The van der Waals surface area contributed by atoms with Gasteiger partial charge in [0.25, 0.3) is 0 Å². The first-order chi connectivity index (χ1) is 8.88. The quantitative estimate of drug-likeness (QED) is 0.670. The third-order valence-corrected chi connectivity index (χ3v) is 3.48. The first-order valence-electron chi connectivity index (χ1n) is 7.19. The van der Waals surface area contributed by atoms with Gasteiger partial charge in [-0.05, 0) is 18.4 Å². The van der Waals surface area contributed by atoms with Gasteiger partial charge >= 0.3 is 0 Å². The van der Waals surface area contributed by atoms with E-state index in [4.69, 9.17) is 9.47 Å². The maximum atomic E-state index is 5.91. The summed E-state index contributed by atoms with van der Waals surface area (Å²) in [7, 11) is 0. The largest absolute Gasteiger partial charge is 0.349 e. The second-order valence-corrected chi connectivity index (χ2v) is 5.06. The van der Waals surface area contributed by atoms with Gasteiger partial charge < -0.3 is 9.47 Å². The van der Waals surface area contributed by atoms with E-state index in [1.165, 1.54) is 31.2 Å². The SMILES string of the molecule is CCCCC[C@@H]1CC[C@@H](OCc2ccccc2)O1. The Balaban J connectivity index is 1.64. The summed E-state index contributed by atoms with van der Waals surface area (Å²) in [4.78, 5) is 0. The molecule has 0 bridgehead atoms. The van der Waals surface area contributed by atoms with Gasteiger partial charge in [-0.3, -0.25) is 0 Å². The van der Waals surface area contributed by atoms with Gasteiger partial charge in [0.1, 0.15) is 0 Å². The zero-order chi connectivity index (χ0) is 12.6. The molecule has 0 unspecified atom stereocenters. The Kier molecular flexibility index (Phi) is 5.69. The molecule has 0 radical (unpaired) electrons. The maximum absolute atomic E-state index is 5.91. The number of unbranched alkanes of at least 4 members (excludes halogenated alkanes) is 2. The van der Waals surface area contributed by atoms with Gasteiger partial charge in [0.2, 0.25) is 0 Å². The Labute approximate surface area is 110 Å². The molecule has 1 aromatic carbocycles. The summed E-state index contributed by atoms with van der Waals surface area (Å²) < 4.78 is 11.7. The first kappa shape index (κ1) is 13.6. The molecule has 2 atom stereocenters. The average Bonchev–Trinajstić information content (AvgIpc) is 2.86. The topological polar surface area (TPSA) is 18.5 Å². The van der Waals surface area contributed by atoms with E-state index in [-0.39, 0.29) is 6.29 Å². The van der Waals surface area contributed by atoms with Gasteiger partial charge in [0.05, 0.1) is 12.7 Å². The van der Waals surface area contributed by atoms with Crippen LogP contribution in [0.5, 0.6) is 0 Å². The third-order valence-electron chi connectivity index (χ3n) is 3.48. The van der Waals surface area contributed by atoms with Gasteiger partial charge in [-0.1, -0.05) is 56.5 Å². The van der Waals surface area contributed by atoms with E-state index >= 15 is 0 Å². The molecule has 0 amide bonds. The molecule has 1 aliphatic heterocycles. The zero-order valence-electron chi connectivity index (χ0n) is 11.3. The fourth-order valence-corrected chi connectivity index (χ4v) is 2.39. The molecular weight excluding hydrogens is 224 g/mol. The first-order valence-corrected chi connectivity index (χ1v) is 7.19. The van der Waals surface area contributed by atoms with E-state index in [0.717, 1.165) is 12.8 Å². The highest BCUT2D eigenvalue weighted by Crippen LogP contribution is 2.25. The van der Waals surface area contributed by atoms with Crippen LogP contribution in [-0.2, 0) is 16.1 Å². The van der Waals surface area contributed by atoms with Crippen LogP contribution < -0.4 is 0 Å². The minimum absolute atomic E-state index is 0.0110. The molecule has 0 aromatic heterocycles. The third kappa shape index (κ3) is 4.43. The van der Waals surface area contributed by atoms with Crippen molar-refractivity contribution in [3.8, 4) is 0 Å². The molecule has 18 heavy (non-hydrogen) atoms. The normalized spacial score (nSPS) is 23.4. The number of hydrogen-bond acceptors (Lipinski definition) is 2. The highest BCUT2D eigenvalue weighted by atomic mass is 16.7. The van der Waals surface area contributed by atoms with Crippen molar-refractivity contribution >= 4 is 0 Å². The summed E-state index contributed by atoms with van der Waals surface area (Å²) in [6, 6.07) is 10.3. The Morgan fingerprint density at radius 3 is 2.78 bits per heavy atom. The molecule has 0 saturated carbocycles. The van der Waals surface area contributed by atoms with Crippen LogP contribution in [0.2, 0.25) is 0 Å². The second-order valence-electron chi connectivity index (χ2n) is 5.06. The van der Waals surface area contributed by atoms with Crippen LogP contribution in [0.25, 0.3) is 0 Å². The molecule has 2 heteroatoms. The van der Waals surface area contributed by atoms with Crippen molar-refractivity contribution in [1.82, 2.24) is 0 Å². The van der Waals surface area contributed by atoms with Gasteiger partial charge in [-0.15, -0.1) is 0 Å². The Morgan fingerprint density at radius 2 is 2.00 bits per heavy atom. The number of hydrogen-bond donors (Lipinski definition) is 0. The van der Waals surface area contributed by atoms with Gasteiger partial charge in [0.15, 0.2) is 6.29 Å². The van der Waals surface area contributed by atoms with Crippen LogP contribution in [0.3, 0.4) is 0 Å². The van der Waals surface area contributed by atoms with Crippen molar-refractivity contribution in [1.29, 1.82) is 0 Å². The predicted molar refractivity (Wildman–Crippen MR) is 73.3 cm³/mol. The molecule has 0 aliphatic carbocycles. The average molecular weight is 248 g/mol. The predicted octanol–water partition coefficient (Wildman–Crippen LogP) is 4.29. The molecule has 1 aromatic rings. The molecule has 2 rings (SSSR count). The summed E-state index contributed by atoms with van der Waals surface area (Å²) in [5, 5.41) is 0. The number of benzene rings is 1. The molecular formula is C16H24O2. The Hall–Kier alpha value is -0.860. The van der Waals surface area contributed by atoms with Crippen LogP contribution in [0, 0.1) is 0 Å². The zero-order valence-corrected chi connectivity index (χ0v) is 11.3. The highest BCUT2D eigenvalue weighted by molar-refractivity contribution is 5.13. The monoisotopic (exact) mass is 248 g/mol. The van der Waals surface area contributed by atoms with Crippen LogP contribution in [-0.4, -0.2) is 12.4 Å². The lowest BCUT2D eigenvalue weighted by atomic mass is 10.1. The van der Waals surface area contributed by atoms with Gasteiger partial charge in [-0.25, -0.2) is 0 Å². The van der Waals surface area contributed by atoms with E-state index in [9.17, 15) is 0 Å². The number of ether oxygens (including phenoxy) is 2. The second kappa shape index (κ2) is 7.55. The molecule has 100 valence electrons. The van der Waals surface area contributed by atoms with Crippen molar-refractivity contribution in [2.45, 2.75) is 64.4 Å². The van der Waals surface area contributed by atoms with Crippen molar-refractivity contribution in [3.05, 3.63) is 35.9 Å². The molecule has 1 heterocycles. The maximum Gasteiger partial charge on any atom is 0.158 e. The molecule has 0 N–H and O–H groups in total. The lowest BCUT2D eigenvalue weighted by Gasteiger charge is -2.14. The van der Waals surface area contributed by atoms with Crippen LogP contribution in [0.4, 0.5) is 0 Å². The van der Waals surface area contributed by atoms with Crippen LogP contribution in [0.15, 0.2) is 30.3 Å². The molecule has 1 saturated heterocycles. The van der Waals surface area contributed by atoms with Crippen LogP contribution >= 0.6 is 0 Å². The minimum atomic E-state index is 0.0110. The van der Waals surface area contributed by atoms with E-state index in [1.54, 1.807) is 0 Å². The Morgan fingerprint density at radius 1 is 1.17 bits per heavy atom. The van der Waals surface area contributed by atoms with E-state index in [2.05, 4.69) is 19.1 Å². The van der Waals surface area contributed by atoms with Crippen LogP contribution in [0.1, 0.15) is 51.0 Å². The van der Waals surface area contributed by atoms with E-state index < -0.39 is 0 Å². The molecule has 1 aliphatic rings. The van der Waals surface area contributed by atoms with Crippen molar-refractivity contribution in [3.63, 3.8) is 0 Å². The summed E-state index contributed by atoms with van der Waals surface area (Å²) in [5.41, 5.74) is 1.22. The van der Waals surface area contributed by atoms with E-state index in [1.807, 2.05) is 18.2 Å². The lowest BCUT2D eigenvalue weighted by Crippen LogP contribution is -2.14. The summed E-state index contributed by atoms with van der Waals surface area (Å²) >= 11 is 0. The van der Waals surface area contributed by atoms with Gasteiger partial charge in [-0.2, -0.15) is 0 Å². The summed E-state index contributed by atoms with van der Waals surface area (Å²) in [6.07, 6.45) is 7.71. The highest BCUT2D eigenvalue weighted by Gasteiger charge is 2.25. The van der Waals surface area contributed by atoms with Crippen molar-refractivity contribution in [2.24, 2.45) is 0 Å². The van der Waals surface area contributed by atoms with E-state index in [0.29, 0.717) is 12.7 Å². The lowest BCUT2D eigenvalue weighted by molar-refractivity contribution is -0.141. The standard InChI is InChI=1S/C16H24O2/c1-2-3-5-10-15-11-12-16(18-15)17-13-14-8-6-4-7-9-14/h4,6-9,15-16H,2-3,5,10-13H2,1H3/t15-,16+/m1/s1. The Bertz CT molecular complexity index is 323. The fraction of sp³-hybridized carbons (Fsp3) is 0.625. The van der Waals surface area contributed by atoms with Crippen molar-refractivity contribution in [2.75, 3.05) is 0 Å². The summed E-state index contributed by atoms with van der Waals surface area (Å²) in [5.74, 6) is 0. The molecule has 0 spiro atoms. The smallest absolute Gasteiger partial charge is 0.158 e. The van der Waals surface area contributed by atoms with Crippen molar-refractivity contribution < 1.29 is 9.47 Å².